The summed E-state index contributed by atoms with van der Waals surface area (Å²) in [4.78, 5) is 0. The lowest BCUT2D eigenvalue weighted by Gasteiger charge is -2.10. The van der Waals surface area contributed by atoms with Crippen molar-refractivity contribution < 1.29 is 9.47 Å². The molecule has 0 fully saturated rings. The fourth-order valence-corrected chi connectivity index (χ4v) is 2.67. The van der Waals surface area contributed by atoms with Crippen molar-refractivity contribution in [2.75, 3.05) is 18.5 Å². The molecular weight excluding hydrogens is 310 g/mol. The van der Waals surface area contributed by atoms with Gasteiger partial charge in [-0.3, -0.25) is 0 Å². The van der Waals surface area contributed by atoms with Crippen LogP contribution >= 0.6 is 0 Å². The Morgan fingerprint density at radius 3 is 2.36 bits per heavy atom. The van der Waals surface area contributed by atoms with E-state index in [1.807, 2.05) is 31.2 Å². The molecule has 0 saturated heterocycles. The highest BCUT2D eigenvalue weighted by Crippen LogP contribution is 2.19. The Bertz CT molecular complexity index is 595. The lowest BCUT2D eigenvalue weighted by atomic mass is 10.2. The fourth-order valence-electron chi connectivity index (χ4n) is 2.67. The molecule has 0 heterocycles. The number of anilines is 1. The van der Waals surface area contributed by atoms with Gasteiger partial charge in [0.2, 0.25) is 0 Å². The number of hydrogen-bond donors (Lipinski definition) is 1. The van der Waals surface area contributed by atoms with E-state index in [-0.39, 0.29) is 0 Å². The summed E-state index contributed by atoms with van der Waals surface area (Å²) in [6.07, 6.45) is 6.30. The van der Waals surface area contributed by atoms with Gasteiger partial charge in [0, 0.05) is 18.3 Å². The Labute approximate surface area is 152 Å². The zero-order valence-corrected chi connectivity index (χ0v) is 15.6. The number of benzene rings is 2. The van der Waals surface area contributed by atoms with Gasteiger partial charge in [-0.1, -0.05) is 50.8 Å². The summed E-state index contributed by atoms with van der Waals surface area (Å²) >= 11 is 0. The van der Waals surface area contributed by atoms with Crippen molar-refractivity contribution in [3.05, 3.63) is 54.1 Å². The first-order chi connectivity index (χ1) is 12.3. The molecule has 3 heteroatoms. The highest BCUT2D eigenvalue weighted by molar-refractivity contribution is 5.48. The van der Waals surface area contributed by atoms with E-state index in [9.17, 15) is 0 Å². The van der Waals surface area contributed by atoms with Crippen LogP contribution in [0.4, 0.5) is 5.69 Å². The van der Waals surface area contributed by atoms with Crippen molar-refractivity contribution in [3.63, 3.8) is 0 Å². The molecule has 3 nitrogen and oxygen atoms in total. The summed E-state index contributed by atoms with van der Waals surface area (Å²) in [5.74, 6) is 1.85. The lowest BCUT2D eigenvalue weighted by molar-refractivity contribution is 0.304. The van der Waals surface area contributed by atoms with Crippen LogP contribution in [0, 0.1) is 0 Å². The molecule has 0 radical (unpaired) electrons. The zero-order valence-electron chi connectivity index (χ0n) is 15.6. The molecule has 0 saturated carbocycles. The first-order valence-electron chi connectivity index (χ1n) is 9.50. The van der Waals surface area contributed by atoms with Crippen molar-refractivity contribution in [2.45, 2.75) is 52.5 Å². The normalized spacial score (nSPS) is 10.5. The summed E-state index contributed by atoms with van der Waals surface area (Å²) in [6, 6.07) is 16.4. The van der Waals surface area contributed by atoms with Crippen LogP contribution < -0.4 is 14.8 Å². The Morgan fingerprint density at radius 1 is 0.800 bits per heavy atom. The molecule has 0 atom stereocenters. The molecule has 2 aromatic carbocycles. The highest BCUT2D eigenvalue weighted by atomic mass is 16.5. The van der Waals surface area contributed by atoms with Crippen LogP contribution in [0.15, 0.2) is 48.5 Å². The number of rotatable bonds is 12. The van der Waals surface area contributed by atoms with E-state index < -0.39 is 0 Å². The van der Waals surface area contributed by atoms with E-state index in [0.717, 1.165) is 36.8 Å². The molecule has 25 heavy (non-hydrogen) atoms. The van der Waals surface area contributed by atoms with E-state index in [0.29, 0.717) is 6.61 Å². The summed E-state index contributed by atoms with van der Waals surface area (Å²) in [5.41, 5.74) is 2.31. The highest BCUT2D eigenvalue weighted by Gasteiger charge is 1.99. The topological polar surface area (TPSA) is 30.5 Å². The van der Waals surface area contributed by atoms with Crippen LogP contribution in [0.5, 0.6) is 11.5 Å². The van der Waals surface area contributed by atoms with Crippen molar-refractivity contribution >= 4 is 5.69 Å². The molecule has 0 amide bonds. The van der Waals surface area contributed by atoms with Crippen molar-refractivity contribution in [3.8, 4) is 11.5 Å². The molecule has 136 valence electrons. The van der Waals surface area contributed by atoms with Gasteiger partial charge in [-0.25, -0.2) is 0 Å². The third kappa shape index (κ3) is 7.51. The largest absolute Gasteiger partial charge is 0.494 e. The molecule has 0 bridgehead atoms. The summed E-state index contributed by atoms with van der Waals surface area (Å²) < 4.78 is 11.3. The average molecular weight is 341 g/mol. The minimum atomic E-state index is 0.697. The second-order valence-corrected chi connectivity index (χ2v) is 6.22. The third-order valence-electron chi connectivity index (χ3n) is 4.08. The SMILES string of the molecule is CCCCCCCOc1cccc(NCc2ccc(OCC)cc2)c1. The van der Waals surface area contributed by atoms with Crippen LogP contribution in [0.25, 0.3) is 0 Å². The van der Waals surface area contributed by atoms with Gasteiger partial charge in [-0.2, -0.15) is 0 Å². The fraction of sp³-hybridized carbons (Fsp3) is 0.455. The molecule has 1 N–H and O–H groups in total. The van der Waals surface area contributed by atoms with Crippen molar-refractivity contribution in [1.29, 1.82) is 0 Å². The van der Waals surface area contributed by atoms with E-state index in [1.165, 1.54) is 31.2 Å². The Kier molecular flexibility index (Phi) is 8.74. The van der Waals surface area contributed by atoms with E-state index in [4.69, 9.17) is 9.47 Å². The van der Waals surface area contributed by atoms with E-state index in [2.05, 4.69) is 36.5 Å². The molecule has 2 aromatic rings. The molecule has 0 unspecified atom stereocenters. The Balaban J connectivity index is 1.74. The van der Waals surface area contributed by atoms with Crippen LogP contribution in [0.2, 0.25) is 0 Å². The third-order valence-corrected chi connectivity index (χ3v) is 4.08. The van der Waals surface area contributed by atoms with Gasteiger partial charge in [0.05, 0.1) is 13.2 Å². The molecule has 0 aliphatic carbocycles. The van der Waals surface area contributed by atoms with E-state index in [1.54, 1.807) is 0 Å². The molecule has 0 aromatic heterocycles. The maximum Gasteiger partial charge on any atom is 0.121 e. The van der Waals surface area contributed by atoms with Crippen molar-refractivity contribution in [2.24, 2.45) is 0 Å². The van der Waals surface area contributed by atoms with Gasteiger partial charge in [0.1, 0.15) is 11.5 Å². The average Bonchev–Trinajstić information content (AvgIpc) is 2.65. The van der Waals surface area contributed by atoms with Gasteiger partial charge in [0.15, 0.2) is 0 Å². The second-order valence-electron chi connectivity index (χ2n) is 6.22. The number of unbranched alkanes of at least 4 members (excludes halogenated alkanes) is 4. The summed E-state index contributed by atoms with van der Waals surface area (Å²) in [7, 11) is 0. The maximum atomic E-state index is 5.87. The smallest absolute Gasteiger partial charge is 0.121 e. The van der Waals surface area contributed by atoms with Gasteiger partial charge in [-0.15, -0.1) is 0 Å². The van der Waals surface area contributed by atoms with Crippen LogP contribution in [-0.4, -0.2) is 13.2 Å². The Hall–Kier alpha value is -2.16. The van der Waals surface area contributed by atoms with Crippen LogP contribution in [0.1, 0.15) is 51.5 Å². The maximum absolute atomic E-state index is 5.87. The molecule has 0 aliphatic heterocycles. The molecule has 2 rings (SSSR count). The number of nitrogens with one attached hydrogen (secondary N) is 1. The second kappa shape index (κ2) is 11.4. The first kappa shape index (κ1) is 19.2. The van der Waals surface area contributed by atoms with E-state index >= 15 is 0 Å². The minimum absolute atomic E-state index is 0.697. The van der Waals surface area contributed by atoms with Crippen LogP contribution in [0.3, 0.4) is 0 Å². The summed E-state index contributed by atoms with van der Waals surface area (Å²) in [6.45, 7) is 6.51. The lowest BCUT2D eigenvalue weighted by Crippen LogP contribution is -2.01. The molecule has 0 aliphatic rings. The number of ether oxygens (including phenoxy) is 2. The summed E-state index contributed by atoms with van der Waals surface area (Å²) in [5, 5.41) is 3.45. The predicted molar refractivity (Wildman–Crippen MR) is 106 cm³/mol. The zero-order chi connectivity index (χ0) is 17.7. The quantitative estimate of drug-likeness (QED) is 0.477. The van der Waals surface area contributed by atoms with Gasteiger partial charge in [-0.05, 0) is 43.2 Å². The van der Waals surface area contributed by atoms with Gasteiger partial charge in [0.25, 0.3) is 0 Å². The minimum Gasteiger partial charge on any atom is -0.494 e. The first-order valence-corrected chi connectivity index (χ1v) is 9.50. The standard InChI is InChI=1S/C22H31NO2/c1-3-5-6-7-8-16-25-22-11-9-10-20(17-22)23-18-19-12-14-21(15-13-19)24-4-2/h9-15,17,23H,3-8,16,18H2,1-2H3. The number of hydrogen-bond acceptors (Lipinski definition) is 3. The monoisotopic (exact) mass is 341 g/mol. The Morgan fingerprint density at radius 2 is 1.60 bits per heavy atom. The molecule has 0 spiro atoms. The van der Waals surface area contributed by atoms with Gasteiger partial charge >= 0.3 is 0 Å². The predicted octanol–water partition coefficient (Wildman–Crippen LogP) is 6.05. The van der Waals surface area contributed by atoms with Crippen molar-refractivity contribution in [1.82, 2.24) is 0 Å². The molecular formula is C22H31NO2. The van der Waals surface area contributed by atoms with Gasteiger partial charge < -0.3 is 14.8 Å². The van der Waals surface area contributed by atoms with Crippen LogP contribution in [-0.2, 0) is 6.54 Å².